The Morgan fingerprint density at radius 1 is 1.48 bits per heavy atom. The van der Waals surface area contributed by atoms with Gasteiger partial charge < -0.3 is 15.0 Å². The summed E-state index contributed by atoms with van der Waals surface area (Å²) in [5, 5.41) is 11.8. The highest BCUT2D eigenvalue weighted by molar-refractivity contribution is 5.78. The maximum absolute atomic E-state index is 11.9. The van der Waals surface area contributed by atoms with E-state index in [0.717, 1.165) is 18.5 Å². The van der Waals surface area contributed by atoms with Gasteiger partial charge in [0.25, 0.3) is 5.56 Å². The molecule has 1 aliphatic heterocycles. The van der Waals surface area contributed by atoms with E-state index in [1.165, 1.54) is 6.33 Å². The van der Waals surface area contributed by atoms with Crippen LogP contribution in [0, 0.1) is 11.8 Å². The van der Waals surface area contributed by atoms with Crippen molar-refractivity contribution in [3.8, 4) is 0 Å². The van der Waals surface area contributed by atoms with Crippen molar-refractivity contribution in [3.05, 3.63) is 40.4 Å². The Bertz CT molecular complexity index is 771. The minimum atomic E-state index is -0.826. The van der Waals surface area contributed by atoms with Crippen LogP contribution in [-0.4, -0.2) is 39.6 Å². The van der Waals surface area contributed by atoms with Crippen LogP contribution in [0.3, 0.4) is 0 Å². The third-order valence-electron chi connectivity index (χ3n) is 5.57. The monoisotopic (exact) mass is 285 g/mol. The molecule has 4 unspecified atom stereocenters. The standard InChI is InChI=1S/C16H19N3O2/c1-9-12-7-19(2)14(9)6-16(12,21)10-3-4-13-11(5-10)15(20)18-8-17-13/h3-5,8-9,12,14,21H,6-7H2,1-2H3,(H,17,18,20). The number of aliphatic hydroxyl groups is 1. The van der Waals surface area contributed by atoms with E-state index in [1.54, 1.807) is 0 Å². The summed E-state index contributed by atoms with van der Waals surface area (Å²) in [7, 11) is 2.12. The summed E-state index contributed by atoms with van der Waals surface area (Å²) in [4.78, 5) is 21.0. The summed E-state index contributed by atoms with van der Waals surface area (Å²) < 4.78 is 0. The van der Waals surface area contributed by atoms with Crippen molar-refractivity contribution in [1.82, 2.24) is 14.9 Å². The van der Waals surface area contributed by atoms with Crippen molar-refractivity contribution < 1.29 is 5.11 Å². The van der Waals surface area contributed by atoms with Gasteiger partial charge in [-0.15, -0.1) is 0 Å². The molecule has 1 aromatic carbocycles. The highest BCUT2D eigenvalue weighted by atomic mass is 16.3. The fourth-order valence-electron chi connectivity index (χ4n) is 4.35. The molecule has 4 atom stereocenters. The average Bonchev–Trinajstić information content (AvgIpc) is 2.89. The van der Waals surface area contributed by atoms with Crippen LogP contribution in [0.4, 0.5) is 0 Å². The lowest BCUT2D eigenvalue weighted by Gasteiger charge is -2.36. The van der Waals surface area contributed by atoms with Gasteiger partial charge in [-0.3, -0.25) is 4.79 Å². The lowest BCUT2D eigenvalue weighted by atomic mass is 9.80. The van der Waals surface area contributed by atoms with Crippen LogP contribution in [0.15, 0.2) is 29.3 Å². The number of rotatable bonds is 1. The first-order valence-corrected chi connectivity index (χ1v) is 7.41. The van der Waals surface area contributed by atoms with Crippen LogP contribution >= 0.6 is 0 Å². The number of hydrogen-bond acceptors (Lipinski definition) is 4. The van der Waals surface area contributed by atoms with Gasteiger partial charge in [-0.2, -0.15) is 0 Å². The van der Waals surface area contributed by atoms with E-state index >= 15 is 0 Å². The first-order valence-electron chi connectivity index (χ1n) is 7.41. The molecule has 2 fully saturated rings. The summed E-state index contributed by atoms with van der Waals surface area (Å²) in [6.45, 7) is 3.12. The molecule has 0 spiro atoms. The van der Waals surface area contributed by atoms with Crippen molar-refractivity contribution in [1.29, 1.82) is 0 Å². The van der Waals surface area contributed by atoms with Crippen LogP contribution in [-0.2, 0) is 5.60 Å². The first-order chi connectivity index (χ1) is 10.0. The van der Waals surface area contributed by atoms with Crippen LogP contribution in [0.5, 0.6) is 0 Å². The quantitative estimate of drug-likeness (QED) is 0.822. The molecule has 5 nitrogen and oxygen atoms in total. The van der Waals surface area contributed by atoms with Crippen LogP contribution in [0.1, 0.15) is 18.9 Å². The molecule has 1 aromatic heterocycles. The van der Waals surface area contributed by atoms with Crippen molar-refractivity contribution in [2.45, 2.75) is 25.0 Å². The number of hydrogen-bond donors (Lipinski definition) is 2. The predicted molar refractivity (Wildman–Crippen MR) is 79.9 cm³/mol. The molecule has 2 N–H and O–H groups in total. The average molecular weight is 285 g/mol. The van der Waals surface area contributed by atoms with Crippen LogP contribution in [0.2, 0.25) is 0 Å². The second-order valence-electron chi connectivity index (χ2n) is 6.56. The summed E-state index contributed by atoms with van der Waals surface area (Å²) in [5.41, 5.74) is 0.534. The Labute approximate surface area is 122 Å². The Morgan fingerprint density at radius 2 is 2.29 bits per heavy atom. The largest absolute Gasteiger partial charge is 0.385 e. The molecule has 0 amide bonds. The van der Waals surface area contributed by atoms with Crippen molar-refractivity contribution in [3.63, 3.8) is 0 Å². The van der Waals surface area contributed by atoms with Crippen molar-refractivity contribution in [2.24, 2.45) is 11.8 Å². The molecule has 1 aliphatic carbocycles. The number of fused-ring (bicyclic) bond motifs is 3. The number of likely N-dealkylation sites (tertiary alicyclic amines) is 1. The topological polar surface area (TPSA) is 69.2 Å². The predicted octanol–water partition coefficient (Wildman–Crippen LogP) is 1.08. The minimum Gasteiger partial charge on any atom is -0.385 e. The number of benzene rings is 1. The van der Waals surface area contributed by atoms with E-state index < -0.39 is 5.60 Å². The van der Waals surface area contributed by atoms with Crippen LogP contribution < -0.4 is 5.56 Å². The highest BCUT2D eigenvalue weighted by Gasteiger charge is 2.57. The molecule has 1 saturated carbocycles. The smallest absolute Gasteiger partial charge is 0.258 e. The second-order valence-corrected chi connectivity index (χ2v) is 6.56. The van der Waals surface area contributed by atoms with Gasteiger partial charge in [0.1, 0.15) is 0 Å². The Morgan fingerprint density at radius 3 is 2.95 bits per heavy atom. The SMILES string of the molecule is CC1C2CC(O)(c3ccc4nc[nH]c(=O)c4c3)C1CN2C. The zero-order chi connectivity index (χ0) is 14.8. The van der Waals surface area contributed by atoms with E-state index in [9.17, 15) is 9.90 Å². The van der Waals surface area contributed by atoms with E-state index in [-0.39, 0.29) is 11.5 Å². The number of piperidine rings is 1. The van der Waals surface area contributed by atoms with Crippen molar-refractivity contribution >= 4 is 10.9 Å². The number of H-pyrrole nitrogens is 1. The maximum Gasteiger partial charge on any atom is 0.258 e. The molecule has 4 rings (SSSR count). The zero-order valence-electron chi connectivity index (χ0n) is 12.2. The van der Waals surface area contributed by atoms with Gasteiger partial charge in [0.15, 0.2) is 0 Å². The van der Waals surface area contributed by atoms with Crippen LogP contribution in [0.25, 0.3) is 10.9 Å². The Kier molecular flexibility index (Phi) is 2.56. The Balaban J connectivity index is 1.84. The van der Waals surface area contributed by atoms with Gasteiger partial charge in [-0.25, -0.2) is 4.98 Å². The number of nitrogens with one attached hydrogen (secondary N) is 1. The van der Waals surface area contributed by atoms with E-state index in [4.69, 9.17) is 0 Å². The zero-order valence-corrected chi connectivity index (χ0v) is 12.2. The van der Waals surface area contributed by atoms with Gasteiger partial charge >= 0.3 is 0 Å². The molecule has 5 heteroatoms. The Hall–Kier alpha value is -1.72. The van der Waals surface area contributed by atoms with E-state index in [0.29, 0.717) is 22.9 Å². The summed E-state index contributed by atoms with van der Waals surface area (Å²) >= 11 is 0. The van der Waals surface area contributed by atoms with Crippen molar-refractivity contribution in [2.75, 3.05) is 13.6 Å². The molecule has 0 radical (unpaired) electrons. The normalized spacial score (nSPS) is 35.7. The third-order valence-corrected chi connectivity index (χ3v) is 5.57. The summed E-state index contributed by atoms with van der Waals surface area (Å²) in [5.74, 6) is 0.698. The van der Waals surface area contributed by atoms with E-state index in [2.05, 4.69) is 28.8 Å². The van der Waals surface area contributed by atoms with Gasteiger partial charge in [0.2, 0.25) is 0 Å². The number of nitrogens with zero attached hydrogens (tertiary/aromatic N) is 2. The van der Waals surface area contributed by atoms with Gasteiger partial charge in [0.05, 0.1) is 22.8 Å². The molecular weight excluding hydrogens is 266 g/mol. The molecule has 2 bridgehead atoms. The lowest BCUT2D eigenvalue weighted by molar-refractivity contribution is -0.0352. The molecule has 2 aliphatic rings. The van der Waals surface area contributed by atoms with Gasteiger partial charge in [-0.05, 0) is 37.1 Å². The molecule has 1 saturated heterocycles. The molecule has 2 heterocycles. The minimum absolute atomic E-state index is 0.154. The van der Waals surface area contributed by atoms with Gasteiger partial charge in [0, 0.05) is 18.5 Å². The molecular formula is C16H19N3O2. The van der Waals surface area contributed by atoms with Gasteiger partial charge in [-0.1, -0.05) is 13.0 Å². The summed E-state index contributed by atoms with van der Waals surface area (Å²) in [6.07, 6.45) is 2.15. The summed E-state index contributed by atoms with van der Waals surface area (Å²) in [6, 6.07) is 5.98. The van der Waals surface area contributed by atoms with E-state index in [1.807, 2.05) is 18.2 Å². The molecule has 21 heavy (non-hydrogen) atoms. The molecule has 2 aromatic rings. The number of aromatic nitrogens is 2. The second kappa shape index (κ2) is 4.15. The maximum atomic E-state index is 11.9. The fraction of sp³-hybridized carbons (Fsp3) is 0.500. The fourth-order valence-corrected chi connectivity index (χ4v) is 4.35. The first kappa shape index (κ1) is 13.0. The third kappa shape index (κ3) is 1.64. The number of aromatic amines is 1. The lowest BCUT2D eigenvalue weighted by Crippen LogP contribution is -2.42. The highest BCUT2D eigenvalue weighted by Crippen LogP contribution is 2.53. The molecule has 110 valence electrons.